The third kappa shape index (κ3) is 3.56. The average molecular weight is 368 g/mol. The molecule has 0 bridgehead atoms. The molecule has 1 aromatic carbocycles. The molecule has 0 unspecified atom stereocenters. The molecule has 2 aromatic rings. The van der Waals surface area contributed by atoms with Gasteiger partial charge in [-0.1, -0.05) is 35.5 Å². The van der Waals surface area contributed by atoms with Gasteiger partial charge in [-0.3, -0.25) is 0 Å². The predicted molar refractivity (Wildman–Crippen MR) is 78.0 cm³/mol. The van der Waals surface area contributed by atoms with E-state index < -0.39 is 0 Å². The molecule has 0 radical (unpaired) electrons. The van der Waals surface area contributed by atoms with Crippen molar-refractivity contribution in [3.63, 3.8) is 0 Å². The fraction of sp³-hybridized carbons (Fsp3) is 0.417. The van der Waals surface area contributed by atoms with Gasteiger partial charge in [0, 0.05) is 19.5 Å². The van der Waals surface area contributed by atoms with E-state index in [4.69, 9.17) is 0 Å². The second-order valence-electron chi connectivity index (χ2n) is 4.43. The number of hydrogen-bond donors (Lipinski definition) is 2. The van der Waals surface area contributed by atoms with Crippen molar-refractivity contribution in [2.75, 3.05) is 13.1 Å². The molecular formula is C12H17Cl2N5Zn. The van der Waals surface area contributed by atoms with Gasteiger partial charge in [0.15, 0.2) is 5.82 Å². The van der Waals surface area contributed by atoms with Crippen LogP contribution in [0.3, 0.4) is 0 Å². The molecular weight excluding hydrogens is 350 g/mol. The van der Waals surface area contributed by atoms with Crippen LogP contribution in [0.25, 0.3) is 0 Å². The second-order valence-corrected chi connectivity index (χ2v) is 4.43. The van der Waals surface area contributed by atoms with Crippen LogP contribution in [0.1, 0.15) is 24.2 Å². The fourth-order valence-electron chi connectivity index (χ4n) is 2.62. The number of aromatic amines is 1. The average Bonchev–Trinajstić information content (AvgIpc) is 2.95. The SMILES string of the molecule is Cl.Cl.[Zn].c1ccc(C2(c3nn[nH]n3)CCNCC2)cc1. The molecule has 1 aromatic heterocycles. The van der Waals surface area contributed by atoms with Gasteiger partial charge >= 0.3 is 0 Å². The zero-order chi connectivity index (χ0) is 11.6. The van der Waals surface area contributed by atoms with E-state index >= 15 is 0 Å². The number of nitrogens with zero attached hydrogens (tertiary/aromatic N) is 3. The summed E-state index contributed by atoms with van der Waals surface area (Å²) in [5, 5.41) is 18.1. The summed E-state index contributed by atoms with van der Waals surface area (Å²) in [5.41, 5.74) is 1.20. The normalized spacial score (nSPS) is 16.2. The van der Waals surface area contributed by atoms with Crippen molar-refractivity contribution in [3.8, 4) is 0 Å². The van der Waals surface area contributed by atoms with E-state index in [-0.39, 0.29) is 49.7 Å². The predicted octanol–water partition coefficient (Wildman–Crippen LogP) is 1.71. The van der Waals surface area contributed by atoms with Crippen molar-refractivity contribution in [2.24, 2.45) is 0 Å². The van der Waals surface area contributed by atoms with Gasteiger partial charge < -0.3 is 5.32 Å². The van der Waals surface area contributed by atoms with Crippen LogP contribution in [0.15, 0.2) is 30.3 Å². The molecule has 0 amide bonds. The summed E-state index contributed by atoms with van der Waals surface area (Å²) in [5.74, 6) is 0.810. The Balaban J connectivity index is 0.00000120. The molecule has 5 nitrogen and oxygen atoms in total. The second kappa shape index (κ2) is 8.68. The molecule has 2 N–H and O–H groups in total. The van der Waals surface area contributed by atoms with Crippen molar-refractivity contribution in [3.05, 3.63) is 41.7 Å². The number of tetrazole rings is 1. The Morgan fingerprint density at radius 3 is 2.20 bits per heavy atom. The van der Waals surface area contributed by atoms with Gasteiger partial charge in [0.05, 0.1) is 5.41 Å². The summed E-state index contributed by atoms with van der Waals surface area (Å²) < 4.78 is 0. The molecule has 106 valence electrons. The van der Waals surface area contributed by atoms with Gasteiger partial charge in [0.1, 0.15) is 0 Å². The molecule has 0 atom stereocenters. The van der Waals surface area contributed by atoms with Crippen LogP contribution in [-0.4, -0.2) is 33.7 Å². The number of halogens is 2. The maximum absolute atomic E-state index is 4.21. The van der Waals surface area contributed by atoms with Gasteiger partial charge in [-0.2, -0.15) is 5.21 Å². The Morgan fingerprint density at radius 1 is 1.00 bits per heavy atom. The van der Waals surface area contributed by atoms with Crippen LogP contribution in [-0.2, 0) is 24.9 Å². The summed E-state index contributed by atoms with van der Waals surface area (Å²) in [6.07, 6.45) is 2.02. The van der Waals surface area contributed by atoms with E-state index in [0.29, 0.717) is 0 Å². The molecule has 8 heteroatoms. The zero-order valence-corrected chi connectivity index (χ0v) is 15.7. The molecule has 1 fully saturated rings. The first-order valence-corrected chi connectivity index (χ1v) is 5.92. The third-order valence-corrected chi connectivity index (χ3v) is 3.56. The monoisotopic (exact) mass is 365 g/mol. The summed E-state index contributed by atoms with van der Waals surface area (Å²) in [6.45, 7) is 1.98. The molecule has 0 saturated carbocycles. The van der Waals surface area contributed by atoms with E-state index in [1.165, 1.54) is 5.56 Å². The topological polar surface area (TPSA) is 66.5 Å². The maximum Gasteiger partial charge on any atom is 0.185 e. The van der Waals surface area contributed by atoms with Crippen molar-refractivity contribution in [1.29, 1.82) is 0 Å². The van der Waals surface area contributed by atoms with Crippen molar-refractivity contribution >= 4 is 24.8 Å². The Hall–Kier alpha value is -0.547. The molecule has 3 rings (SSSR count). The number of H-pyrrole nitrogens is 1. The number of benzene rings is 1. The third-order valence-electron chi connectivity index (χ3n) is 3.56. The Bertz CT molecular complexity index is 474. The van der Waals surface area contributed by atoms with Crippen LogP contribution in [0, 0.1) is 0 Å². The molecule has 1 aliphatic rings. The van der Waals surface area contributed by atoms with Gasteiger partial charge in [-0.25, -0.2) is 0 Å². The summed E-state index contributed by atoms with van der Waals surface area (Å²) >= 11 is 0. The van der Waals surface area contributed by atoms with Crippen LogP contribution < -0.4 is 5.32 Å². The van der Waals surface area contributed by atoms with E-state index in [2.05, 4.69) is 50.2 Å². The Kier molecular flexibility index (Phi) is 8.44. The summed E-state index contributed by atoms with van der Waals surface area (Å²) in [7, 11) is 0. The van der Waals surface area contributed by atoms with E-state index in [9.17, 15) is 0 Å². The number of nitrogens with one attached hydrogen (secondary N) is 2. The number of rotatable bonds is 2. The molecule has 1 aliphatic heterocycles. The Morgan fingerprint density at radius 2 is 1.65 bits per heavy atom. The standard InChI is InChI=1S/C12H15N5.2ClH.Zn/c1-2-4-10(5-3-1)12(6-8-13-9-7-12)11-14-16-17-15-11;;;/h1-5,13H,6-9H2,(H,14,15,16,17);2*1H;. The summed E-state index contributed by atoms with van der Waals surface area (Å²) in [6, 6.07) is 10.5. The molecule has 2 heterocycles. The van der Waals surface area contributed by atoms with Crippen LogP contribution in [0.5, 0.6) is 0 Å². The van der Waals surface area contributed by atoms with Crippen molar-refractivity contribution < 1.29 is 19.5 Å². The van der Waals surface area contributed by atoms with Crippen LogP contribution in [0.4, 0.5) is 0 Å². The number of aromatic nitrogens is 4. The first kappa shape index (κ1) is 19.5. The minimum atomic E-state index is -0.0838. The van der Waals surface area contributed by atoms with Crippen LogP contribution >= 0.6 is 24.8 Å². The largest absolute Gasteiger partial charge is 0.317 e. The van der Waals surface area contributed by atoms with E-state index in [1.54, 1.807) is 0 Å². The van der Waals surface area contributed by atoms with E-state index in [0.717, 1.165) is 31.8 Å². The number of hydrogen-bond acceptors (Lipinski definition) is 4. The first-order valence-electron chi connectivity index (χ1n) is 5.92. The quantitative estimate of drug-likeness (QED) is 0.793. The van der Waals surface area contributed by atoms with Crippen molar-refractivity contribution in [2.45, 2.75) is 18.3 Å². The minimum absolute atomic E-state index is 0. The van der Waals surface area contributed by atoms with Gasteiger partial charge in [-0.05, 0) is 31.5 Å². The maximum atomic E-state index is 4.21. The zero-order valence-electron chi connectivity index (χ0n) is 11.1. The smallest absolute Gasteiger partial charge is 0.185 e. The summed E-state index contributed by atoms with van der Waals surface area (Å²) in [4.78, 5) is 0. The van der Waals surface area contributed by atoms with Crippen LogP contribution in [0.2, 0.25) is 0 Å². The Labute approximate surface area is 143 Å². The van der Waals surface area contributed by atoms with Crippen molar-refractivity contribution in [1.82, 2.24) is 25.9 Å². The minimum Gasteiger partial charge on any atom is -0.317 e. The number of piperidine rings is 1. The molecule has 0 aliphatic carbocycles. The van der Waals surface area contributed by atoms with E-state index in [1.807, 2.05) is 6.07 Å². The molecule has 20 heavy (non-hydrogen) atoms. The molecule has 1 saturated heterocycles. The van der Waals surface area contributed by atoms with Gasteiger partial charge in [0.2, 0.25) is 0 Å². The van der Waals surface area contributed by atoms with Gasteiger partial charge in [-0.15, -0.1) is 35.0 Å². The fourth-order valence-corrected chi connectivity index (χ4v) is 2.62. The van der Waals surface area contributed by atoms with Gasteiger partial charge in [0.25, 0.3) is 0 Å². The molecule has 0 spiro atoms. The first-order chi connectivity index (χ1) is 8.42.